The fourth-order valence-electron chi connectivity index (χ4n) is 8.67. The van der Waals surface area contributed by atoms with Crippen LogP contribution in [0.1, 0.15) is 168 Å². The van der Waals surface area contributed by atoms with E-state index in [2.05, 4.69) is 34.3 Å². The number of carbonyl (C=O) groups is 6. The second kappa shape index (κ2) is 41.6. The molecule has 0 aliphatic carbocycles. The summed E-state index contributed by atoms with van der Waals surface area (Å²) in [6.07, 6.45) is 1.18. The van der Waals surface area contributed by atoms with E-state index in [0.29, 0.717) is 73.4 Å². The number of aromatic hydroxyl groups is 1. The lowest BCUT2D eigenvalue weighted by molar-refractivity contribution is -0.143. The molecule has 0 fully saturated rings. The zero-order valence-electron chi connectivity index (χ0n) is 55.4. The van der Waals surface area contributed by atoms with Crippen molar-refractivity contribution < 1.29 is 76.5 Å². The van der Waals surface area contributed by atoms with Gasteiger partial charge in [0.15, 0.2) is 5.78 Å². The highest BCUT2D eigenvalue weighted by Crippen LogP contribution is 2.34. The van der Waals surface area contributed by atoms with Gasteiger partial charge in [-0.05, 0) is 171 Å². The number of rotatable bonds is 25. The molecule has 6 aromatic carbocycles. The van der Waals surface area contributed by atoms with Crippen LogP contribution in [0.4, 0.5) is 0 Å². The molecule has 0 aliphatic rings. The van der Waals surface area contributed by atoms with Crippen molar-refractivity contribution >= 4 is 52.8 Å². The number of phenols is 1. The van der Waals surface area contributed by atoms with Crippen molar-refractivity contribution in [3.05, 3.63) is 182 Å². The van der Waals surface area contributed by atoms with Gasteiger partial charge in [0.05, 0.1) is 92.0 Å². The predicted molar refractivity (Wildman–Crippen MR) is 354 cm³/mol. The molecule has 488 valence electrons. The number of carbonyl (C=O) groups excluding carboxylic acids is 6. The van der Waals surface area contributed by atoms with Crippen molar-refractivity contribution in [1.82, 2.24) is 0 Å². The Labute approximate surface area is 538 Å². The van der Waals surface area contributed by atoms with Crippen LogP contribution in [0.5, 0.6) is 34.5 Å². The Bertz CT molecular complexity index is 3190. The minimum atomic E-state index is -0.287. The van der Waals surface area contributed by atoms with Crippen LogP contribution in [0.2, 0.25) is 5.02 Å². The highest BCUT2D eigenvalue weighted by molar-refractivity contribution is 6.30. The molecule has 6 rings (SSSR count). The number of halogens is 1. The van der Waals surface area contributed by atoms with Crippen LogP contribution in [-0.4, -0.2) is 95.1 Å². The summed E-state index contributed by atoms with van der Waals surface area (Å²) < 4.78 is 46.2. The Morgan fingerprint density at radius 1 is 0.422 bits per heavy atom. The van der Waals surface area contributed by atoms with Crippen LogP contribution in [0.3, 0.4) is 0 Å². The number of methoxy groups -OCH3 is 3. The summed E-state index contributed by atoms with van der Waals surface area (Å²) in [6.45, 7) is 30.6. The Balaban J connectivity index is 0.000000386. The standard InChI is InChI=1S/C19H21ClO3.C14H20O3.C14H18O3.C13H16O4.C13H18O3/c1-4-22-19(21)11-14-8-9-17(13(2)3)18(10-14)23-16-7-5-6-15(20)12-16;2*1-5-17-14(15)9-11-6-7-12(10(2)3)13(8-11)16-4;1-4-17-13(15)8-10-5-6-11(9(2)14)12(7-10)16-3;1-4-16-13(15)8-10-5-6-11(9(2)3)12(14)7-10/h5-10,12-13H,4,11H2,1-3H3;6-8,10H,5,9H2,1-4H3;6-8H,2,5,9H2,1,3-4H3;5-7H,4,8H2,1-3H3;5-7,9,14H,4,8H2,1-3H3. The molecule has 0 radical (unpaired) electrons. The van der Waals surface area contributed by atoms with E-state index in [0.717, 1.165) is 72.9 Å². The fraction of sp³-hybridized carbons (Fsp3) is 0.397. The summed E-state index contributed by atoms with van der Waals surface area (Å²) in [5.74, 6) is 3.42. The Morgan fingerprint density at radius 3 is 1.08 bits per heavy atom. The monoisotopic (exact) mass is 1260 g/mol. The number of hydrogen-bond acceptors (Lipinski definition) is 16. The van der Waals surface area contributed by atoms with Gasteiger partial charge in [-0.2, -0.15) is 0 Å². The average molecular weight is 1260 g/mol. The summed E-state index contributed by atoms with van der Waals surface area (Å²) in [5, 5.41) is 10.4. The van der Waals surface area contributed by atoms with Crippen LogP contribution in [-0.2, 0) is 79.8 Å². The number of hydrogen-bond donors (Lipinski definition) is 1. The van der Waals surface area contributed by atoms with Gasteiger partial charge in [-0.25, -0.2) is 0 Å². The third kappa shape index (κ3) is 28.2. The van der Waals surface area contributed by atoms with E-state index in [-0.39, 0.29) is 73.0 Å². The number of ketones is 1. The first kappa shape index (κ1) is 77.5. The second-order valence-electron chi connectivity index (χ2n) is 21.2. The summed E-state index contributed by atoms with van der Waals surface area (Å²) >= 11 is 6.01. The number of esters is 5. The fourth-order valence-corrected chi connectivity index (χ4v) is 8.85. The smallest absolute Gasteiger partial charge is 0.310 e. The van der Waals surface area contributed by atoms with Crippen molar-refractivity contribution in [3.8, 4) is 34.5 Å². The number of allylic oxidation sites excluding steroid dienone is 1. The third-order valence-corrected chi connectivity index (χ3v) is 13.2. The molecule has 0 bridgehead atoms. The van der Waals surface area contributed by atoms with E-state index in [1.54, 1.807) is 85.2 Å². The largest absolute Gasteiger partial charge is 0.508 e. The minimum Gasteiger partial charge on any atom is -0.508 e. The van der Waals surface area contributed by atoms with Crippen molar-refractivity contribution in [2.75, 3.05) is 54.4 Å². The number of benzene rings is 6. The number of ether oxygens (including phenoxy) is 9. The van der Waals surface area contributed by atoms with Crippen molar-refractivity contribution in [3.63, 3.8) is 0 Å². The predicted octanol–water partition coefficient (Wildman–Crippen LogP) is 15.7. The number of phenolic OH excluding ortho intramolecular Hbond substituents is 1. The lowest BCUT2D eigenvalue weighted by atomic mass is 9.99. The lowest BCUT2D eigenvalue weighted by Crippen LogP contribution is -2.08. The lowest BCUT2D eigenvalue weighted by Gasteiger charge is -2.15. The normalized spacial score (nSPS) is 10.3. The number of Topliss-reactive ketones (excluding diaryl/α,β-unsaturated/α-hetero) is 1. The van der Waals surface area contributed by atoms with E-state index in [1.807, 2.05) is 99.6 Å². The molecule has 0 aromatic heterocycles. The van der Waals surface area contributed by atoms with Crippen molar-refractivity contribution in [2.24, 2.45) is 0 Å². The first-order valence-corrected chi connectivity index (χ1v) is 30.5. The van der Waals surface area contributed by atoms with Gasteiger partial charge in [0.2, 0.25) is 0 Å². The molecule has 6 aromatic rings. The third-order valence-electron chi connectivity index (χ3n) is 13.0. The first-order chi connectivity index (χ1) is 42.8. The maximum Gasteiger partial charge on any atom is 0.310 e. The van der Waals surface area contributed by atoms with E-state index in [1.165, 1.54) is 14.0 Å². The molecule has 17 heteroatoms. The van der Waals surface area contributed by atoms with Gasteiger partial charge < -0.3 is 47.7 Å². The molecule has 16 nitrogen and oxygen atoms in total. The van der Waals surface area contributed by atoms with Gasteiger partial charge in [-0.15, -0.1) is 0 Å². The molecule has 0 saturated heterocycles. The van der Waals surface area contributed by atoms with Crippen LogP contribution >= 0.6 is 11.6 Å². The molecular weight excluding hydrogens is 1170 g/mol. The molecule has 90 heavy (non-hydrogen) atoms. The van der Waals surface area contributed by atoms with Crippen molar-refractivity contribution in [2.45, 2.75) is 140 Å². The highest BCUT2D eigenvalue weighted by atomic mass is 35.5. The van der Waals surface area contributed by atoms with E-state index >= 15 is 0 Å². The maximum absolute atomic E-state index is 11.7. The zero-order chi connectivity index (χ0) is 67.5. The molecule has 0 heterocycles. The Hall–Kier alpha value is -8.63. The van der Waals surface area contributed by atoms with E-state index in [9.17, 15) is 33.9 Å². The van der Waals surface area contributed by atoms with Gasteiger partial charge in [0.1, 0.15) is 34.5 Å². The Morgan fingerprint density at radius 2 is 0.744 bits per heavy atom. The molecule has 0 spiro atoms. The summed E-state index contributed by atoms with van der Waals surface area (Å²) in [4.78, 5) is 68.2. The van der Waals surface area contributed by atoms with Gasteiger partial charge >= 0.3 is 29.8 Å². The average Bonchev–Trinajstić information content (AvgIpc) is 1.33. The van der Waals surface area contributed by atoms with Crippen LogP contribution < -0.4 is 18.9 Å². The molecular formula is C73H93ClO16. The van der Waals surface area contributed by atoms with Gasteiger partial charge in [-0.3, -0.25) is 28.8 Å². The summed E-state index contributed by atoms with van der Waals surface area (Å²) in [6, 6.07) is 35.1. The van der Waals surface area contributed by atoms with Crippen LogP contribution in [0, 0.1) is 0 Å². The molecule has 0 saturated carbocycles. The molecule has 0 atom stereocenters. The SMILES string of the molecule is C=C(C)c1ccc(CC(=O)OCC)cc1OC.CCOC(=O)Cc1ccc(C(C)=O)c(OC)c1.CCOC(=O)Cc1ccc(C(C)C)c(O)c1.CCOC(=O)Cc1ccc(C(C)C)c(OC)c1.CCOC(=O)Cc1ccc(C(C)C)c(Oc2cccc(Cl)c2)c1. The van der Waals surface area contributed by atoms with Crippen LogP contribution in [0.15, 0.2) is 122 Å². The Kier molecular flexibility index (Phi) is 35.8. The van der Waals surface area contributed by atoms with Crippen molar-refractivity contribution in [1.29, 1.82) is 0 Å². The quantitative estimate of drug-likeness (QED) is 0.0321. The minimum absolute atomic E-state index is 0.0652. The topological polar surface area (TPSA) is 206 Å². The summed E-state index contributed by atoms with van der Waals surface area (Å²) in [7, 11) is 4.75. The zero-order valence-corrected chi connectivity index (χ0v) is 56.2. The van der Waals surface area contributed by atoms with Gasteiger partial charge in [0.25, 0.3) is 0 Å². The van der Waals surface area contributed by atoms with Crippen LogP contribution in [0.25, 0.3) is 5.57 Å². The second-order valence-corrected chi connectivity index (χ2v) is 21.6. The highest BCUT2D eigenvalue weighted by Gasteiger charge is 2.16. The van der Waals surface area contributed by atoms with E-state index < -0.39 is 0 Å². The molecule has 0 amide bonds. The molecule has 1 N–H and O–H groups in total. The molecule has 0 unspecified atom stereocenters. The summed E-state index contributed by atoms with van der Waals surface area (Å²) in [5.41, 5.74) is 9.75. The van der Waals surface area contributed by atoms with Gasteiger partial charge in [-0.1, -0.05) is 120 Å². The molecule has 0 aliphatic heterocycles. The maximum atomic E-state index is 11.7. The first-order valence-electron chi connectivity index (χ1n) is 30.1. The van der Waals surface area contributed by atoms with E-state index in [4.69, 9.17) is 54.2 Å². The van der Waals surface area contributed by atoms with Gasteiger partial charge in [0, 0.05) is 10.6 Å².